The summed E-state index contributed by atoms with van der Waals surface area (Å²) in [7, 11) is 3.31. The molecule has 114 valence electrons. The molecule has 0 aromatic heterocycles. The summed E-state index contributed by atoms with van der Waals surface area (Å²) in [6.45, 7) is 3.90. The molecule has 0 saturated carbocycles. The predicted molar refractivity (Wildman–Crippen MR) is 90.1 cm³/mol. The molecule has 0 fully saturated rings. The molecule has 0 atom stereocenters. The summed E-state index contributed by atoms with van der Waals surface area (Å²) in [6.07, 6.45) is 4.00. The van der Waals surface area contributed by atoms with E-state index in [0.29, 0.717) is 0 Å². The van der Waals surface area contributed by atoms with Crippen LogP contribution in [-0.2, 0) is 6.42 Å². The number of hydrogen-bond donors (Lipinski definition) is 2. The van der Waals surface area contributed by atoms with E-state index >= 15 is 0 Å². The Morgan fingerprint density at radius 1 is 1.33 bits per heavy atom. The highest BCUT2D eigenvalue weighted by Crippen LogP contribution is 2.34. The van der Waals surface area contributed by atoms with Gasteiger partial charge in [0.1, 0.15) is 4.99 Å². The Morgan fingerprint density at radius 2 is 2.05 bits per heavy atom. The third kappa shape index (κ3) is 3.67. The minimum atomic E-state index is 0.735. The smallest absolute Gasteiger partial charge is 0.161 e. The monoisotopic (exact) mass is 306 g/mol. The maximum Gasteiger partial charge on any atom is 0.161 e. The lowest BCUT2D eigenvalue weighted by atomic mass is 9.97. The normalized spacial score (nSPS) is 15.1. The maximum absolute atomic E-state index is 5.39. The lowest BCUT2D eigenvalue weighted by Gasteiger charge is -2.23. The average molecular weight is 306 g/mol. The van der Waals surface area contributed by atoms with Gasteiger partial charge in [-0.2, -0.15) is 0 Å². The molecule has 2 N–H and O–H groups in total. The molecular weight excluding hydrogens is 284 g/mol. The molecule has 1 aliphatic rings. The zero-order valence-corrected chi connectivity index (χ0v) is 13.6. The number of nitrogens with one attached hydrogen (secondary N) is 2. The molecule has 0 bridgehead atoms. The molecule has 0 amide bonds. The third-order valence-corrected chi connectivity index (χ3v) is 3.70. The molecule has 0 saturated heterocycles. The van der Waals surface area contributed by atoms with Gasteiger partial charge < -0.3 is 20.1 Å². The van der Waals surface area contributed by atoms with E-state index in [9.17, 15) is 0 Å². The summed E-state index contributed by atoms with van der Waals surface area (Å²) in [6, 6.07) is 4.06. The predicted octanol–water partition coefficient (Wildman–Crippen LogP) is 2.52. The van der Waals surface area contributed by atoms with Gasteiger partial charge in [-0.15, -0.1) is 0 Å². The van der Waals surface area contributed by atoms with Crippen molar-refractivity contribution in [1.82, 2.24) is 10.6 Å². The van der Waals surface area contributed by atoms with Gasteiger partial charge in [0.2, 0.25) is 0 Å². The Morgan fingerprint density at radius 3 is 2.71 bits per heavy atom. The fourth-order valence-corrected chi connectivity index (χ4v) is 2.58. The number of fused-ring (bicyclic) bond motifs is 1. The second kappa shape index (κ2) is 7.31. The Bertz CT molecular complexity index is 555. The Kier molecular flexibility index (Phi) is 5.44. The van der Waals surface area contributed by atoms with E-state index in [2.05, 4.69) is 17.6 Å². The molecule has 1 aliphatic heterocycles. The van der Waals surface area contributed by atoms with E-state index < -0.39 is 0 Å². The van der Waals surface area contributed by atoms with E-state index in [-0.39, 0.29) is 0 Å². The number of benzene rings is 1. The largest absolute Gasteiger partial charge is 0.493 e. The van der Waals surface area contributed by atoms with Crippen molar-refractivity contribution in [1.29, 1.82) is 0 Å². The SMILES string of the molecule is CCCNC(=S)/C=C1\NCCc2cc(OC)c(OC)cc21. The number of hydrogen-bond acceptors (Lipinski definition) is 4. The van der Waals surface area contributed by atoms with E-state index in [4.69, 9.17) is 21.7 Å². The van der Waals surface area contributed by atoms with Crippen molar-refractivity contribution in [3.05, 3.63) is 29.3 Å². The number of ether oxygens (including phenoxy) is 2. The van der Waals surface area contributed by atoms with Crippen LogP contribution in [0.3, 0.4) is 0 Å². The summed E-state index contributed by atoms with van der Waals surface area (Å²) >= 11 is 5.36. The molecular formula is C16H22N2O2S. The van der Waals surface area contributed by atoms with Crippen LogP contribution in [0.5, 0.6) is 11.5 Å². The lowest BCUT2D eigenvalue weighted by Crippen LogP contribution is -2.26. The number of methoxy groups -OCH3 is 2. The van der Waals surface area contributed by atoms with Crippen LogP contribution in [-0.4, -0.2) is 32.3 Å². The molecule has 4 nitrogen and oxygen atoms in total. The highest BCUT2D eigenvalue weighted by atomic mass is 32.1. The van der Waals surface area contributed by atoms with Gasteiger partial charge in [0.05, 0.1) is 14.2 Å². The first-order chi connectivity index (χ1) is 10.2. The topological polar surface area (TPSA) is 42.5 Å². The van der Waals surface area contributed by atoms with Crippen LogP contribution in [0.4, 0.5) is 0 Å². The Labute approximate surface area is 131 Å². The van der Waals surface area contributed by atoms with Crippen LogP contribution in [0.2, 0.25) is 0 Å². The van der Waals surface area contributed by atoms with Crippen molar-refractivity contribution in [2.24, 2.45) is 0 Å². The Balaban J connectivity index is 2.34. The van der Waals surface area contributed by atoms with Gasteiger partial charge in [0, 0.05) is 24.4 Å². The van der Waals surface area contributed by atoms with Crippen LogP contribution in [0.15, 0.2) is 18.2 Å². The zero-order chi connectivity index (χ0) is 15.2. The van der Waals surface area contributed by atoms with Gasteiger partial charge in [-0.25, -0.2) is 0 Å². The lowest BCUT2D eigenvalue weighted by molar-refractivity contribution is 0.354. The van der Waals surface area contributed by atoms with Crippen LogP contribution < -0.4 is 20.1 Å². The molecule has 2 rings (SSSR count). The van der Waals surface area contributed by atoms with Crippen molar-refractivity contribution >= 4 is 22.9 Å². The molecule has 0 radical (unpaired) electrons. The quantitative estimate of drug-likeness (QED) is 0.646. The van der Waals surface area contributed by atoms with Gasteiger partial charge in [-0.05, 0) is 36.6 Å². The summed E-state index contributed by atoms with van der Waals surface area (Å²) < 4.78 is 10.8. The Hall–Kier alpha value is -1.75. The van der Waals surface area contributed by atoms with E-state index in [1.165, 1.54) is 5.56 Å². The van der Waals surface area contributed by atoms with Crippen molar-refractivity contribution < 1.29 is 9.47 Å². The van der Waals surface area contributed by atoms with Crippen molar-refractivity contribution in [2.75, 3.05) is 27.3 Å². The molecule has 5 heteroatoms. The highest BCUT2D eigenvalue weighted by Gasteiger charge is 2.18. The van der Waals surface area contributed by atoms with Crippen LogP contribution in [0.25, 0.3) is 5.70 Å². The van der Waals surface area contributed by atoms with Crippen molar-refractivity contribution in [3.63, 3.8) is 0 Å². The molecule has 0 spiro atoms. The van der Waals surface area contributed by atoms with Crippen molar-refractivity contribution in [2.45, 2.75) is 19.8 Å². The summed E-state index contributed by atoms with van der Waals surface area (Å²) in [4.78, 5) is 0.752. The fraction of sp³-hybridized carbons (Fsp3) is 0.438. The summed E-state index contributed by atoms with van der Waals surface area (Å²) in [5, 5.41) is 6.63. The van der Waals surface area contributed by atoms with Crippen LogP contribution in [0.1, 0.15) is 24.5 Å². The maximum atomic E-state index is 5.39. The molecule has 0 unspecified atom stereocenters. The van der Waals surface area contributed by atoms with E-state index in [1.54, 1.807) is 14.2 Å². The zero-order valence-electron chi connectivity index (χ0n) is 12.8. The minimum Gasteiger partial charge on any atom is -0.493 e. The van der Waals surface area contributed by atoms with Gasteiger partial charge >= 0.3 is 0 Å². The first-order valence-corrected chi connectivity index (χ1v) is 7.59. The standard InChI is InChI=1S/C16H22N2O2S/c1-4-6-18-16(21)10-13-12-9-15(20-3)14(19-2)8-11(12)5-7-17-13/h8-10,17H,4-7H2,1-3H3,(H,18,21)/b13-10-. The van der Waals surface area contributed by atoms with E-state index in [1.807, 2.05) is 18.2 Å². The molecule has 0 aliphatic carbocycles. The van der Waals surface area contributed by atoms with E-state index in [0.717, 1.165) is 53.7 Å². The molecule has 1 aromatic carbocycles. The number of rotatable bonds is 5. The first kappa shape index (κ1) is 15.6. The molecule has 21 heavy (non-hydrogen) atoms. The third-order valence-electron chi connectivity index (χ3n) is 3.43. The van der Waals surface area contributed by atoms with Gasteiger partial charge in [0.25, 0.3) is 0 Å². The summed E-state index contributed by atoms with van der Waals surface area (Å²) in [5.41, 5.74) is 3.40. The van der Waals surface area contributed by atoms with Crippen LogP contribution in [0, 0.1) is 0 Å². The second-order valence-electron chi connectivity index (χ2n) is 4.89. The fourth-order valence-electron chi connectivity index (χ4n) is 2.36. The van der Waals surface area contributed by atoms with Gasteiger partial charge in [-0.3, -0.25) is 0 Å². The van der Waals surface area contributed by atoms with Crippen LogP contribution >= 0.6 is 12.2 Å². The van der Waals surface area contributed by atoms with Gasteiger partial charge in [0.15, 0.2) is 11.5 Å². The first-order valence-electron chi connectivity index (χ1n) is 7.18. The van der Waals surface area contributed by atoms with Gasteiger partial charge in [-0.1, -0.05) is 19.1 Å². The van der Waals surface area contributed by atoms with Crippen molar-refractivity contribution in [3.8, 4) is 11.5 Å². The summed E-state index contributed by atoms with van der Waals surface area (Å²) in [5.74, 6) is 1.50. The molecule has 1 aromatic rings. The second-order valence-corrected chi connectivity index (χ2v) is 5.33. The number of thiocarbonyl (C=S) groups is 1. The minimum absolute atomic E-state index is 0.735. The molecule has 1 heterocycles. The highest BCUT2D eigenvalue weighted by molar-refractivity contribution is 7.80. The average Bonchev–Trinajstić information content (AvgIpc) is 2.51.